The van der Waals surface area contributed by atoms with Crippen LogP contribution < -0.4 is 11.1 Å². The topological polar surface area (TPSA) is 50.9 Å². The third kappa shape index (κ3) is 2.40. The molecule has 0 saturated carbocycles. The minimum absolute atomic E-state index is 0.224. The van der Waals surface area contributed by atoms with E-state index in [1.54, 1.807) is 24.5 Å². The highest BCUT2D eigenvalue weighted by Crippen LogP contribution is 2.27. The fraction of sp³-hybridized carbons (Fsp3) is 0.0625. The summed E-state index contributed by atoms with van der Waals surface area (Å²) in [6.45, 7) is 0.627. The van der Waals surface area contributed by atoms with Gasteiger partial charge in [-0.2, -0.15) is 0 Å². The molecule has 0 aliphatic carbocycles. The average Bonchev–Trinajstić information content (AvgIpc) is 2.49. The van der Waals surface area contributed by atoms with Crippen LogP contribution in [0.3, 0.4) is 0 Å². The number of pyridine rings is 1. The number of halogens is 1. The van der Waals surface area contributed by atoms with Crippen LogP contribution in [0.2, 0.25) is 0 Å². The zero-order chi connectivity index (χ0) is 13.9. The molecule has 1 aromatic heterocycles. The number of rotatable bonds is 3. The highest BCUT2D eigenvalue weighted by atomic mass is 19.1. The fourth-order valence-corrected chi connectivity index (χ4v) is 2.17. The van der Waals surface area contributed by atoms with Crippen LogP contribution >= 0.6 is 0 Å². The maximum Gasteiger partial charge on any atom is 0.123 e. The van der Waals surface area contributed by atoms with Crippen molar-refractivity contribution >= 4 is 22.1 Å². The van der Waals surface area contributed by atoms with Crippen molar-refractivity contribution < 1.29 is 4.39 Å². The van der Waals surface area contributed by atoms with Gasteiger partial charge in [-0.15, -0.1) is 0 Å². The van der Waals surface area contributed by atoms with Crippen LogP contribution in [-0.2, 0) is 6.54 Å². The van der Waals surface area contributed by atoms with E-state index in [-0.39, 0.29) is 5.82 Å². The first-order valence-corrected chi connectivity index (χ1v) is 6.34. The third-order valence-electron chi connectivity index (χ3n) is 3.25. The van der Waals surface area contributed by atoms with E-state index in [1.165, 1.54) is 12.1 Å². The minimum atomic E-state index is -0.224. The van der Waals surface area contributed by atoms with Gasteiger partial charge in [-0.05, 0) is 35.9 Å². The molecule has 0 spiro atoms. The van der Waals surface area contributed by atoms with Crippen molar-refractivity contribution in [2.45, 2.75) is 6.54 Å². The second-order valence-corrected chi connectivity index (χ2v) is 4.60. The molecular weight excluding hydrogens is 253 g/mol. The van der Waals surface area contributed by atoms with Gasteiger partial charge in [0.15, 0.2) is 0 Å². The Morgan fingerprint density at radius 3 is 2.60 bits per heavy atom. The Morgan fingerprint density at radius 1 is 1.00 bits per heavy atom. The zero-order valence-corrected chi connectivity index (χ0v) is 10.8. The van der Waals surface area contributed by atoms with Crippen LogP contribution in [0.15, 0.2) is 54.9 Å². The second-order valence-electron chi connectivity index (χ2n) is 4.60. The molecule has 0 amide bonds. The quantitative estimate of drug-likeness (QED) is 0.713. The molecule has 3 aromatic rings. The van der Waals surface area contributed by atoms with Gasteiger partial charge in [-0.1, -0.05) is 12.1 Å². The summed E-state index contributed by atoms with van der Waals surface area (Å²) in [6.07, 6.45) is 3.50. The number of hydrogen-bond donors (Lipinski definition) is 2. The van der Waals surface area contributed by atoms with Gasteiger partial charge in [0.1, 0.15) is 5.82 Å². The van der Waals surface area contributed by atoms with E-state index in [0.29, 0.717) is 12.2 Å². The largest absolute Gasteiger partial charge is 0.398 e. The molecule has 20 heavy (non-hydrogen) atoms. The predicted molar refractivity (Wildman–Crippen MR) is 79.9 cm³/mol. The summed E-state index contributed by atoms with van der Waals surface area (Å²) in [6, 6.07) is 12.2. The predicted octanol–water partition coefficient (Wildman–Crippen LogP) is 3.57. The van der Waals surface area contributed by atoms with E-state index in [9.17, 15) is 4.39 Å². The molecule has 0 unspecified atom stereocenters. The van der Waals surface area contributed by atoms with Gasteiger partial charge in [0.05, 0.1) is 0 Å². The summed E-state index contributed by atoms with van der Waals surface area (Å²) in [7, 11) is 0. The lowest BCUT2D eigenvalue weighted by atomic mass is 10.1. The van der Waals surface area contributed by atoms with E-state index in [4.69, 9.17) is 5.73 Å². The molecule has 1 heterocycles. The van der Waals surface area contributed by atoms with Crippen molar-refractivity contribution in [1.82, 2.24) is 4.98 Å². The number of nitrogens with zero attached hydrogens (tertiary/aromatic N) is 1. The zero-order valence-electron chi connectivity index (χ0n) is 10.8. The van der Waals surface area contributed by atoms with Crippen molar-refractivity contribution in [3.63, 3.8) is 0 Å². The lowest BCUT2D eigenvalue weighted by Gasteiger charge is -2.11. The summed E-state index contributed by atoms with van der Waals surface area (Å²) in [5.74, 6) is -0.224. The first kappa shape index (κ1) is 12.4. The van der Waals surface area contributed by atoms with Gasteiger partial charge < -0.3 is 11.1 Å². The molecule has 0 aliphatic heterocycles. The van der Waals surface area contributed by atoms with Gasteiger partial charge in [0.2, 0.25) is 0 Å². The molecular formula is C16H14FN3. The summed E-state index contributed by atoms with van der Waals surface area (Å²) >= 11 is 0. The molecule has 3 nitrogen and oxygen atoms in total. The summed E-state index contributed by atoms with van der Waals surface area (Å²) < 4.78 is 12.9. The Hall–Kier alpha value is -2.62. The Kier molecular flexibility index (Phi) is 3.21. The smallest absolute Gasteiger partial charge is 0.123 e. The van der Waals surface area contributed by atoms with E-state index in [2.05, 4.69) is 10.3 Å². The number of nitrogens with one attached hydrogen (secondary N) is 1. The molecule has 0 aliphatic rings. The van der Waals surface area contributed by atoms with Gasteiger partial charge >= 0.3 is 0 Å². The van der Waals surface area contributed by atoms with Crippen LogP contribution in [0, 0.1) is 5.82 Å². The van der Waals surface area contributed by atoms with Gasteiger partial charge in [-0.25, -0.2) is 4.39 Å². The molecule has 2 aromatic carbocycles. The number of anilines is 2. The Bertz CT molecular complexity index is 738. The summed E-state index contributed by atoms with van der Waals surface area (Å²) in [5.41, 5.74) is 8.65. The maximum absolute atomic E-state index is 12.9. The normalized spacial score (nSPS) is 10.7. The first-order chi connectivity index (χ1) is 9.74. The van der Waals surface area contributed by atoms with Gasteiger partial charge in [0.25, 0.3) is 0 Å². The van der Waals surface area contributed by atoms with Gasteiger partial charge in [-0.3, -0.25) is 4.98 Å². The van der Waals surface area contributed by atoms with Crippen LogP contribution in [0.4, 0.5) is 15.8 Å². The van der Waals surface area contributed by atoms with Crippen molar-refractivity contribution in [3.8, 4) is 0 Å². The lowest BCUT2D eigenvalue weighted by molar-refractivity contribution is 0.627. The number of benzene rings is 2. The number of aromatic nitrogens is 1. The summed E-state index contributed by atoms with van der Waals surface area (Å²) in [4.78, 5) is 4.09. The molecule has 3 N–H and O–H groups in total. The SMILES string of the molecule is Nc1ccc(NCc2ccc(F)cc2)c2ccncc12. The van der Waals surface area contributed by atoms with E-state index >= 15 is 0 Å². The highest BCUT2D eigenvalue weighted by Gasteiger charge is 2.04. The van der Waals surface area contributed by atoms with Crippen LogP contribution in [0.1, 0.15) is 5.56 Å². The number of fused-ring (bicyclic) bond motifs is 1. The average molecular weight is 267 g/mol. The van der Waals surface area contributed by atoms with Crippen molar-refractivity contribution in [2.24, 2.45) is 0 Å². The summed E-state index contributed by atoms with van der Waals surface area (Å²) in [5, 5.41) is 5.30. The molecule has 0 saturated heterocycles. The molecule has 0 bridgehead atoms. The van der Waals surface area contributed by atoms with Crippen molar-refractivity contribution in [2.75, 3.05) is 11.1 Å². The lowest BCUT2D eigenvalue weighted by Crippen LogP contribution is -2.01. The molecule has 0 radical (unpaired) electrons. The highest BCUT2D eigenvalue weighted by molar-refractivity contribution is 6.00. The van der Waals surface area contributed by atoms with E-state index < -0.39 is 0 Å². The fourth-order valence-electron chi connectivity index (χ4n) is 2.17. The number of nitrogens with two attached hydrogens (primary N) is 1. The van der Waals surface area contributed by atoms with E-state index in [0.717, 1.165) is 22.0 Å². The molecule has 0 atom stereocenters. The minimum Gasteiger partial charge on any atom is -0.398 e. The molecule has 3 rings (SSSR count). The van der Waals surface area contributed by atoms with Crippen LogP contribution in [0.5, 0.6) is 0 Å². The van der Waals surface area contributed by atoms with E-state index in [1.807, 2.05) is 18.2 Å². The molecule has 4 heteroatoms. The standard InChI is InChI=1S/C16H14FN3/c17-12-3-1-11(2-4-12)9-20-16-6-5-15(18)14-10-19-8-7-13(14)16/h1-8,10,20H,9,18H2. The molecule has 0 fully saturated rings. The van der Waals surface area contributed by atoms with Gasteiger partial charge in [0, 0.05) is 41.1 Å². The Balaban J connectivity index is 1.88. The Labute approximate surface area is 116 Å². The Morgan fingerprint density at radius 2 is 1.80 bits per heavy atom. The number of hydrogen-bond acceptors (Lipinski definition) is 3. The maximum atomic E-state index is 12.9. The van der Waals surface area contributed by atoms with Crippen molar-refractivity contribution in [3.05, 3.63) is 66.2 Å². The monoisotopic (exact) mass is 267 g/mol. The second kappa shape index (κ2) is 5.17. The van der Waals surface area contributed by atoms with Crippen LogP contribution in [-0.4, -0.2) is 4.98 Å². The number of nitrogen functional groups attached to an aromatic ring is 1. The molecule has 100 valence electrons. The van der Waals surface area contributed by atoms with Crippen molar-refractivity contribution in [1.29, 1.82) is 0 Å². The third-order valence-corrected chi connectivity index (χ3v) is 3.25. The van der Waals surface area contributed by atoms with Crippen LogP contribution in [0.25, 0.3) is 10.8 Å². The first-order valence-electron chi connectivity index (χ1n) is 6.34.